The summed E-state index contributed by atoms with van der Waals surface area (Å²) in [5, 5.41) is 0. The van der Waals surface area contributed by atoms with E-state index in [1.807, 2.05) is 0 Å². The van der Waals surface area contributed by atoms with Crippen LogP contribution in [-0.4, -0.2) is 30.3 Å². The maximum Gasteiger partial charge on any atom is 0.0198 e. The third kappa shape index (κ3) is 3.74. The van der Waals surface area contributed by atoms with Crippen molar-refractivity contribution in [1.82, 2.24) is 4.90 Å². The minimum absolute atomic E-state index is 0.554. The van der Waals surface area contributed by atoms with E-state index in [0.29, 0.717) is 5.41 Å². The molecule has 0 amide bonds. The highest BCUT2D eigenvalue weighted by molar-refractivity contribution is 7.80. The third-order valence-corrected chi connectivity index (χ3v) is 3.33. The summed E-state index contributed by atoms with van der Waals surface area (Å²) in [6, 6.07) is 0. The summed E-state index contributed by atoms with van der Waals surface area (Å²) in [7, 11) is 0. The molecule has 0 N–H and O–H groups in total. The van der Waals surface area contributed by atoms with Crippen LogP contribution in [0.4, 0.5) is 0 Å². The molecule has 1 fully saturated rings. The lowest BCUT2D eigenvalue weighted by Crippen LogP contribution is -2.38. The molecule has 0 spiro atoms. The zero-order chi connectivity index (χ0) is 9.90. The monoisotopic (exact) mass is 199 g/mol. The minimum atomic E-state index is 0.554. The number of piperidine rings is 1. The fraction of sp³-hybridized carbons (Fsp3) is 0.818. The summed E-state index contributed by atoms with van der Waals surface area (Å²) in [6.07, 6.45) is 2.62. The summed E-state index contributed by atoms with van der Waals surface area (Å²) in [4.78, 5) is 2.49. The molecule has 0 saturated carbocycles. The number of likely N-dealkylation sites (tertiary alicyclic amines) is 1. The van der Waals surface area contributed by atoms with Crippen molar-refractivity contribution < 1.29 is 0 Å². The van der Waals surface area contributed by atoms with Crippen LogP contribution in [0.15, 0.2) is 12.2 Å². The number of rotatable bonds is 3. The maximum absolute atomic E-state index is 4.22. The van der Waals surface area contributed by atoms with E-state index in [9.17, 15) is 0 Å². The summed E-state index contributed by atoms with van der Waals surface area (Å²) in [5.41, 5.74) is 1.79. The molecule has 1 saturated heterocycles. The molecule has 0 aromatic rings. The van der Waals surface area contributed by atoms with E-state index in [1.54, 1.807) is 0 Å². The summed E-state index contributed by atoms with van der Waals surface area (Å²) in [6.45, 7) is 12.2. The normalized spacial score (nSPS) is 23.0. The van der Waals surface area contributed by atoms with Crippen molar-refractivity contribution in [1.29, 1.82) is 0 Å². The lowest BCUT2D eigenvalue weighted by molar-refractivity contribution is 0.142. The molecule has 13 heavy (non-hydrogen) atoms. The molecule has 0 atom stereocenters. The number of hydrogen-bond acceptors (Lipinski definition) is 2. The number of nitrogens with zero attached hydrogens (tertiary/aromatic N) is 1. The van der Waals surface area contributed by atoms with E-state index < -0.39 is 0 Å². The van der Waals surface area contributed by atoms with Gasteiger partial charge < -0.3 is 0 Å². The Morgan fingerprint density at radius 1 is 1.38 bits per heavy atom. The van der Waals surface area contributed by atoms with Gasteiger partial charge in [0.15, 0.2) is 0 Å². The quantitative estimate of drug-likeness (QED) is 0.540. The first kappa shape index (κ1) is 11.1. The predicted octanol–water partition coefficient (Wildman–Crippen LogP) is 2.59. The second-order valence-corrected chi connectivity index (χ2v) is 5.16. The van der Waals surface area contributed by atoms with E-state index in [-0.39, 0.29) is 0 Å². The van der Waals surface area contributed by atoms with Gasteiger partial charge in [0.1, 0.15) is 0 Å². The molecule has 1 aliphatic rings. The van der Waals surface area contributed by atoms with E-state index in [4.69, 9.17) is 0 Å². The first-order valence-corrected chi connectivity index (χ1v) is 5.67. The summed E-state index contributed by atoms with van der Waals surface area (Å²) >= 11 is 4.22. The van der Waals surface area contributed by atoms with Crippen LogP contribution in [-0.2, 0) is 0 Å². The van der Waals surface area contributed by atoms with E-state index >= 15 is 0 Å². The Kier molecular flexibility index (Phi) is 3.87. The van der Waals surface area contributed by atoms with Crippen LogP contribution < -0.4 is 0 Å². The van der Waals surface area contributed by atoms with Gasteiger partial charge in [0.05, 0.1) is 0 Å². The van der Waals surface area contributed by atoms with Crippen molar-refractivity contribution in [2.24, 2.45) is 5.41 Å². The van der Waals surface area contributed by atoms with Crippen molar-refractivity contribution in [3.63, 3.8) is 0 Å². The molecule has 2 heteroatoms. The topological polar surface area (TPSA) is 3.24 Å². The van der Waals surface area contributed by atoms with Crippen LogP contribution in [0.2, 0.25) is 0 Å². The minimum Gasteiger partial charge on any atom is -0.299 e. The first-order valence-electron chi connectivity index (χ1n) is 5.03. The average molecular weight is 199 g/mol. The average Bonchev–Trinajstić information content (AvgIpc) is 2.08. The van der Waals surface area contributed by atoms with Crippen LogP contribution in [0.25, 0.3) is 0 Å². The highest BCUT2D eigenvalue weighted by Gasteiger charge is 2.24. The SMILES string of the molecule is C=C(CS)CN1CCC(C)(C)CC1. The summed E-state index contributed by atoms with van der Waals surface area (Å²) < 4.78 is 0. The zero-order valence-electron chi connectivity index (χ0n) is 8.84. The molecule has 0 aromatic heterocycles. The predicted molar refractivity (Wildman–Crippen MR) is 62.4 cm³/mol. The molecular weight excluding hydrogens is 178 g/mol. The van der Waals surface area contributed by atoms with E-state index in [0.717, 1.165) is 12.3 Å². The van der Waals surface area contributed by atoms with Gasteiger partial charge in [-0.15, -0.1) is 0 Å². The molecule has 0 radical (unpaired) electrons. The molecule has 1 heterocycles. The molecule has 1 aliphatic heterocycles. The van der Waals surface area contributed by atoms with Crippen molar-refractivity contribution in [3.8, 4) is 0 Å². The molecular formula is C11H21NS. The Hall–Kier alpha value is 0.0500. The van der Waals surface area contributed by atoms with Gasteiger partial charge in [0, 0.05) is 12.3 Å². The highest BCUT2D eigenvalue weighted by atomic mass is 32.1. The van der Waals surface area contributed by atoms with Gasteiger partial charge in [-0.2, -0.15) is 12.6 Å². The second-order valence-electron chi connectivity index (χ2n) is 4.85. The first-order chi connectivity index (χ1) is 6.03. The van der Waals surface area contributed by atoms with Gasteiger partial charge >= 0.3 is 0 Å². The summed E-state index contributed by atoms with van der Waals surface area (Å²) in [5.74, 6) is 0.819. The van der Waals surface area contributed by atoms with Crippen LogP contribution in [0.3, 0.4) is 0 Å². The number of thiol groups is 1. The lowest BCUT2D eigenvalue weighted by atomic mass is 9.82. The molecule has 0 aliphatic carbocycles. The smallest absolute Gasteiger partial charge is 0.0198 e. The van der Waals surface area contributed by atoms with Crippen molar-refractivity contribution in [2.75, 3.05) is 25.4 Å². The van der Waals surface area contributed by atoms with E-state index in [1.165, 1.54) is 31.5 Å². The van der Waals surface area contributed by atoms with Crippen molar-refractivity contribution in [3.05, 3.63) is 12.2 Å². The van der Waals surface area contributed by atoms with Gasteiger partial charge in [0.25, 0.3) is 0 Å². The second kappa shape index (κ2) is 4.52. The van der Waals surface area contributed by atoms with Crippen LogP contribution >= 0.6 is 12.6 Å². The molecule has 1 nitrogen and oxygen atoms in total. The highest BCUT2D eigenvalue weighted by Crippen LogP contribution is 2.29. The Bertz CT molecular complexity index is 177. The van der Waals surface area contributed by atoms with Crippen LogP contribution in [0, 0.1) is 5.41 Å². The molecule has 76 valence electrons. The van der Waals surface area contributed by atoms with E-state index in [2.05, 4.69) is 38.0 Å². The van der Waals surface area contributed by atoms with Gasteiger partial charge in [0.2, 0.25) is 0 Å². The van der Waals surface area contributed by atoms with Crippen LogP contribution in [0.5, 0.6) is 0 Å². The van der Waals surface area contributed by atoms with Crippen molar-refractivity contribution >= 4 is 12.6 Å². The fourth-order valence-electron chi connectivity index (χ4n) is 1.68. The maximum atomic E-state index is 4.22. The Labute approximate surface area is 87.6 Å². The largest absolute Gasteiger partial charge is 0.299 e. The molecule has 0 unspecified atom stereocenters. The van der Waals surface area contributed by atoms with Crippen molar-refractivity contribution in [2.45, 2.75) is 26.7 Å². The number of hydrogen-bond donors (Lipinski definition) is 1. The molecule has 0 bridgehead atoms. The molecule has 0 aromatic carbocycles. The van der Waals surface area contributed by atoms with Gasteiger partial charge in [-0.05, 0) is 31.3 Å². The van der Waals surface area contributed by atoms with Crippen LogP contribution in [0.1, 0.15) is 26.7 Å². The standard InChI is InChI=1S/C11H21NS/c1-10(9-13)8-12-6-4-11(2,3)5-7-12/h13H,1,4-9H2,2-3H3. The van der Waals surface area contributed by atoms with Gasteiger partial charge in [-0.25, -0.2) is 0 Å². The Morgan fingerprint density at radius 3 is 2.38 bits per heavy atom. The van der Waals surface area contributed by atoms with Gasteiger partial charge in [-0.3, -0.25) is 4.90 Å². The van der Waals surface area contributed by atoms with Gasteiger partial charge in [-0.1, -0.05) is 26.0 Å². The Morgan fingerprint density at radius 2 is 1.92 bits per heavy atom. The fourth-order valence-corrected chi connectivity index (χ4v) is 1.78. The Balaban J connectivity index is 2.29. The zero-order valence-corrected chi connectivity index (χ0v) is 9.74. The molecule has 1 rings (SSSR count). The lowest BCUT2D eigenvalue weighted by Gasteiger charge is -2.37. The third-order valence-electron chi connectivity index (χ3n) is 2.88.